The van der Waals surface area contributed by atoms with Gasteiger partial charge in [-0.3, -0.25) is 15.2 Å². The van der Waals surface area contributed by atoms with Crippen LogP contribution in [-0.4, -0.2) is 19.6 Å². The quantitative estimate of drug-likeness (QED) is 0.649. The number of nitrogens with two attached hydrogens (primary N) is 1. The largest absolute Gasteiger partial charge is 0.275 e. The molecule has 2 aromatic heterocycles. The van der Waals surface area contributed by atoms with Crippen molar-refractivity contribution in [2.75, 3.05) is 0 Å². The van der Waals surface area contributed by atoms with Crippen LogP contribution in [0.1, 0.15) is 37.2 Å². The van der Waals surface area contributed by atoms with Gasteiger partial charge in [0.1, 0.15) is 0 Å². The first kappa shape index (κ1) is 13.1. The highest BCUT2D eigenvalue weighted by Gasteiger charge is 2.23. The van der Waals surface area contributed by atoms with E-state index in [0.717, 1.165) is 11.3 Å². The summed E-state index contributed by atoms with van der Waals surface area (Å²) in [4.78, 5) is 0. The second kappa shape index (κ2) is 5.09. The molecular formula is C11H17ClN6. The fraction of sp³-hybridized carbons (Fsp3) is 0.455. The molecule has 0 fully saturated rings. The van der Waals surface area contributed by atoms with Crippen LogP contribution < -0.4 is 11.3 Å². The molecule has 6 nitrogen and oxygen atoms in total. The van der Waals surface area contributed by atoms with Crippen LogP contribution in [0.25, 0.3) is 0 Å². The van der Waals surface area contributed by atoms with Crippen LogP contribution in [0.2, 0.25) is 5.02 Å². The highest BCUT2D eigenvalue weighted by Crippen LogP contribution is 2.29. The van der Waals surface area contributed by atoms with Crippen LogP contribution in [-0.2, 0) is 7.05 Å². The summed E-state index contributed by atoms with van der Waals surface area (Å²) in [6.45, 7) is 4.09. The maximum absolute atomic E-state index is 6.21. The van der Waals surface area contributed by atoms with Crippen LogP contribution in [0.15, 0.2) is 18.6 Å². The fourth-order valence-corrected chi connectivity index (χ4v) is 2.19. The van der Waals surface area contributed by atoms with Gasteiger partial charge >= 0.3 is 0 Å². The molecule has 0 radical (unpaired) electrons. The van der Waals surface area contributed by atoms with Gasteiger partial charge in [0.25, 0.3) is 0 Å². The van der Waals surface area contributed by atoms with E-state index in [1.54, 1.807) is 17.1 Å². The lowest BCUT2D eigenvalue weighted by Crippen LogP contribution is -2.31. The third-order valence-corrected chi connectivity index (χ3v) is 3.07. The molecule has 2 heterocycles. The van der Waals surface area contributed by atoms with Gasteiger partial charge < -0.3 is 0 Å². The van der Waals surface area contributed by atoms with E-state index in [0.29, 0.717) is 5.02 Å². The molecule has 1 atom stereocenters. The normalized spacial score (nSPS) is 13.2. The van der Waals surface area contributed by atoms with Gasteiger partial charge in [0, 0.05) is 24.8 Å². The highest BCUT2D eigenvalue weighted by molar-refractivity contribution is 6.31. The fourth-order valence-electron chi connectivity index (χ4n) is 1.95. The molecule has 0 amide bonds. The lowest BCUT2D eigenvalue weighted by molar-refractivity contribution is 0.476. The van der Waals surface area contributed by atoms with Crippen molar-refractivity contribution < 1.29 is 0 Å². The molecule has 0 aliphatic heterocycles. The molecule has 0 saturated carbocycles. The number of rotatable bonds is 4. The summed E-state index contributed by atoms with van der Waals surface area (Å²) >= 11 is 6.21. The maximum Gasteiger partial charge on any atom is 0.0923 e. The molecular weight excluding hydrogens is 252 g/mol. The van der Waals surface area contributed by atoms with Crippen molar-refractivity contribution in [3.05, 3.63) is 34.9 Å². The Kier molecular flexibility index (Phi) is 3.70. The monoisotopic (exact) mass is 268 g/mol. The zero-order valence-electron chi connectivity index (χ0n) is 10.6. The Morgan fingerprint density at radius 1 is 1.33 bits per heavy atom. The molecule has 2 aromatic rings. The molecule has 0 bridgehead atoms. The van der Waals surface area contributed by atoms with Crippen molar-refractivity contribution in [3.63, 3.8) is 0 Å². The molecule has 0 aliphatic carbocycles. The Labute approximate surface area is 111 Å². The smallest absolute Gasteiger partial charge is 0.0923 e. The predicted molar refractivity (Wildman–Crippen MR) is 70.0 cm³/mol. The van der Waals surface area contributed by atoms with Gasteiger partial charge in [-0.25, -0.2) is 5.43 Å². The lowest BCUT2D eigenvalue weighted by atomic mass is 10.1. The van der Waals surface area contributed by atoms with Gasteiger partial charge in [0.15, 0.2) is 0 Å². The average molecular weight is 269 g/mol. The number of halogens is 1. The SMILES string of the molecule is CC(C)n1ncc(Cl)c1C(NN)c1cnn(C)c1. The molecule has 18 heavy (non-hydrogen) atoms. The van der Waals surface area contributed by atoms with Gasteiger partial charge in [0.05, 0.1) is 29.2 Å². The number of hydrazine groups is 1. The zero-order chi connectivity index (χ0) is 13.3. The van der Waals surface area contributed by atoms with Crippen LogP contribution in [0.4, 0.5) is 0 Å². The zero-order valence-corrected chi connectivity index (χ0v) is 11.4. The van der Waals surface area contributed by atoms with E-state index >= 15 is 0 Å². The lowest BCUT2D eigenvalue weighted by Gasteiger charge is -2.19. The Morgan fingerprint density at radius 2 is 2.06 bits per heavy atom. The van der Waals surface area contributed by atoms with Crippen molar-refractivity contribution in [1.82, 2.24) is 25.0 Å². The van der Waals surface area contributed by atoms with E-state index in [2.05, 4.69) is 15.6 Å². The third-order valence-electron chi connectivity index (χ3n) is 2.77. The Hall–Kier alpha value is -1.37. The summed E-state index contributed by atoms with van der Waals surface area (Å²) in [7, 11) is 1.86. The molecule has 1 unspecified atom stereocenters. The maximum atomic E-state index is 6.21. The standard InChI is InChI=1S/C11H17ClN6/c1-7(2)18-11(9(12)5-15-18)10(16-13)8-4-14-17(3)6-8/h4-7,10,16H,13H2,1-3H3. The number of hydrogen-bond donors (Lipinski definition) is 2. The molecule has 0 aliphatic rings. The molecule has 7 heteroatoms. The average Bonchev–Trinajstić information content (AvgIpc) is 2.88. The van der Waals surface area contributed by atoms with E-state index < -0.39 is 0 Å². The second-order valence-corrected chi connectivity index (χ2v) is 4.87. The minimum atomic E-state index is -0.226. The first-order chi connectivity index (χ1) is 8.54. The molecule has 0 saturated heterocycles. The molecule has 2 rings (SSSR count). The summed E-state index contributed by atoms with van der Waals surface area (Å²) in [6, 6.07) is -0.0175. The van der Waals surface area contributed by atoms with Crippen LogP contribution >= 0.6 is 11.6 Å². The summed E-state index contributed by atoms with van der Waals surface area (Å²) in [6.07, 6.45) is 5.30. The van der Waals surface area contributed by atoms with Crippen molar-refractivity contribution in [2.45, 2.75) is 25.9 Å². The topological polar surface area (TPSA) is 73.7 Å². The summed E-state index contributed by atoms with van der Waals surface area (Å²) < 4.78 is 3.59. The van der Waals surface area contributed by atoms with Crippen LogP contribution in [0.5, 0.6) is 0 Å². The molecule has 0 aromatic carbocycles. The number of nitrogens with zero attached hydrogens (tertiary/aromatic N) is 4. The molecule has 0 spiro atoms. The second-order valence-electron chi connectivity index (χ2n) is 4.46. The summed E-state index contributed by atoms with van der Waals surface area (Å²) in [5, 5.41) is 9.02. The first-order valence-corrected chi connectivity index (χ1v) is 6.10. The van der Waals surface area contributed by atoms with Gasteiger partial charge in [0.2, 0.25) is 0 Å². The summed E-state index contributed by atoms with van der Waals surface area (Å²) in [5.74, 6) is 5.66. The number of aryl methyl sites for hydroxylation is 1. The van der Waals surface area contributed by atoms with Gasteiger partial charge in [-0.15, -0.1) is 0 Å². The van der Waals surface area contributed by atoms with Gasteiger partial charge in [-0.05, 0) is 13.8 Å². The third kappa shape index (κ3) is 2.27. The van der Waals surface area contributed by atoms with E-state index in [-0.39, 0.29) is 12.1 Å². The minimum Gasteiger partial charge on any atom is -0.275 e. The van der Waals surface area contributed by atoms with Gasteiger partial charge in [-0.2, -0.15) is 10.2 Å². The van der Waals surface area contributed by atoms with Crippen LogP contribution in [0.3, 0.4) is 0 Å². The van der Waals surface area contributed by atoms with Crippen molar-refractivity contribution in [3.8, 4) is 0 Å². The highest BCUT2D eigenvalue weighted by atomic mass is 35.5. The van der Waals surface area contributed by atoms with E-state index in [1.807, 2.05) is 31.8 Å². The van der Waals surface area contributed by atoms with Crippen molar-refractivity contribution >= 4 is 11.6 Å². The minimum absolute atomic E-state index is 0.208. The van der Waals surface area contributed by atoms with Crippen molar-refractivity contribution in [1.29, 1.82) is 0 Å². The predicted octanol–water partition coefficient (Wildman–Crippen LogP) is 1.40. The number of nitrogens with one attached hydrogen (secondary N) is 1. The number of aromatic nitrogens is 4. The van der Waals surface area contributed by atoms with E-state index in [1.165, 1.54) is 0 Å². The first-order valence-electron chi connectivity index (χ1n) is 5.72. The molecule has 3 N–H and O–H groups in total. The van der Waals surface area contributed by atoms with Crippen molar-refractivity contribution in [2.24, 2.45) is 12.9 Å². The van der Waals surface area contributed by atoms with Gasteiger partial charge in [-0.1, -0.05) is 11.6 Å². The summed E-state index contributed by atoms with van der Waals surface area (Å²) in [5.41, 5.74) is 4.57. The van der Waals surface area contributed by atoms with E-state index in [4.69, 9.17) is 17.4 Å². The van der Waals surface area contributed by atoms with E-state index in [9.17, 15) is 0 Å². The van der Waals surface area contributed by atoms with Crippen LogP contribution in [0, 0.1) is 0 Å². The number of hydrogen-bond acceptors (Lipinski definition) is 4. The molecule has 98 valence electrons. The Bertz CT molecular complexity index is 529. The Balaban J connectivity index is 2.47. The Morgan fingerprint density at radius 3 is 2.56 bits per heavy atom.